The summed E-state index contributed by atoms with van der Waals surface area (Å²) in [5.74, 6) is -3.04. The molecule has 1 atom stereocenters. The maximum absolute atomic E-state index is 14.9. The molecule has 238 valence electrons. The van der Waals surface area contributed by atoms with Gasteiger partial charge in [0.1, 0.15) is 11.5 Å². The highest BCUT2D eigenvalue weighted by Gasteiger charge is 2.35. The molecule has 0 radical (unpaired) electrons. The number of hydrogen-bond donors (Lipinski definition) is 1. The van der Waals surface area contributed by atoms with Gasteiger partial charge in [0.05, 0.1) is 18.7 Å². The number of aromatic nitrogens is 2. The summed E-state index contributed by atoms with van der Waals surface area (Å²) in [4.78, 5) is 31.3. The number of halogens is 6. The summed E-state index contributed by atoms with van der Waals surface area (Å²) >= 11 is 0. The van der Waals surface area contributed by atoms with Gasteiger partial charge in [0.2, 0.25) is 0 Å². The van der Waals surface area contributed by atoms with Crippen molar-refractivity contribution >= 4 is 5.69 Å². The number of benzene rings is 3. The molecule has 1 aromatic heterocycles. The Labute approximate surface area is 254 Å². The van der Waals surface area contributed by atoms with Crippen LogP contribution in [0.3, 0.4) is 0 Å². The third-order valence-electron chi connectivity index (χ3n) is 8.12. The standard InChI is InChI=1S/C32H31F6N5O2/c1-20-29(41-15-13-40(14-16-41)17-22-9-5-12-26(34)28(22)35)30(44)43(19-27(39)21-7-3-2-4-8-21)31(45)42(20)18-23-24(32(36,37)38)10-6-11-25(23)33/h2-12,27H,13-19,39H2,1H3. The average Bonchev–Trinajstić information content (AvgIpc) is 3.01. The van der Waals surface area contributed by atoms with Crippen LogP contribution < -0.4 is 21.9 Å². The highest BCUT2D eigenvalue weighted by Crippen LogP contribution is 2.33. The molecule has 1 aliphatic heterocycles. The number of piperazine rings is 1. The van der Waals surface area contributed by atoms with Crippen molar-refractivity contribution in [1.29, 1.82) is 0 Å². The van der Waals surface area contributed by atoms with Crippen LogP contribution in [0.5, 0.6) is 0 Å². The first-order chi connectivity index (χ1) is 21.4. The molecule has 1 unspecified atom stereocenters. The molecule has 0 spiro atoms. The van der Waals surface area contributed by atoms with E-state index in [9.17, 15) is 35.9 Å². The van der Waals surface area contributed by atoms with Gasteiger partial charge in [-0.25, -0.2) is 18.0 Å². The van der Waals surface area contributed by atoms with Gasteiger partial charge in [0.15, 0.2) is 11.6 Å². The first-order valence-electron chi connectivity index (χ1n) is 14.3. The molecule has 0 saturated carbocycles. The predicted octanol–water partition coefficient (Wildman–Crippen LogP) is 4.83. The number of alkyl halides is 3. The van der Waals surface area contributed by atoms with E-state index in [4.69, 9.17) is 5.73 Å². The van der Waals surface area contributed by atoms with Gasteiger partial charge in [-0.05, 0) is 30.7 Å². The van der Waals surface area contributed by atoms with Crippen molar-refractivity contribution in [2.45, 2.75) is 38.8 Å². The second kappa shape index (κ2) is 12.9. The summed E-state index contributed by atoms with van der Waals surface area (Å²) in [5, 5.41) is 0. The van der Waals surface area contributed by atoms with Crippen LogP contribution in [0, 0.1) is 24.4 Å². The minimum Gasteiger partial charge on any atom is -0.363 e. The maximum atomic E-state index is 14.9. The Morgan fingerprint density at radius 2 is 1.44 bits per heavy atom. The third-order valence-corrected chi connectivity index (χ3v) is 8.12. The van der Waals surface area contributed by atoms with E-state index in [2.05, 4.69) is 0 Å². The zero-order valence-corrected chi connectivity index (χ0v) is 24.3. The zero-order valence-electron chi connectivity index (χ0n) is 24.3. The molecule has 0 aliphatic carbocycles. The van der Waals surface area contributed by atoms with Crippen molar-refractivity contribution in [3.05, 3.63) is 133 Å². The fourth-order valence-electron chi connectivity index (χ4n) is 5.68. The number of nitrogens with zero attached hydrogens (tertiary/aromatic N) is 4. The van der Waals surface area contributed by atoms with E-state index < -0.39 is 58.6 Å². The van der Waals surface area contributed by atoms with Crippen molar-refractivity contribution in [2.75, 3.05) is 31.1 Å². The molecule has 5 rings (SSSR count). The second-order valence-electron chi connectivity index (χ2n) is 11.0. The van der Waals surface area contributed by atoms with Gasteiger partial charge in [0, 0.05) is 55.6 Å². The lowest BCUT2D eigenvalue weighted by molar-refractivity contribution is -0.138. The Morgan fingerprint density at radius 3 is 2.11 bits per heavy atom. The maximum Gasteiger partial charge on any atom is 0.416 e. The van der Waals surface area contributed by atoms with E-state index in [0.717, 1.165) is 33.4 Å². The number of hydrogen-bond acceptors (Lipinski definition) is 5. The molecule has 13 heteroatoms. The molecule has 0 bridgehead atoms. The van der Waals surface area contributed by atoms with Crippen LogP contribution in [0.4, 0.5) is 32.0 Å². The van der Waals surface area contributed by atoms with Gasteiger partial charge < -0.3 is 10.6 Å². The van der Waals surface area contributed by atoms with E-state index >= 15 is 0 Å². The van der Waals surface area contributed by atoms with Crippen LogP contribution in [-0.2, 0) is 25.8 Å². The normalized spacial score (nSPS) is 15.0. The summed E-state index contributed by atoms with van der Waals surface area (Å²) in [6.45, 7) is 1.65. The summed E-state index contributed by atoms with van der Waals surface area (Å²) in [6, 6.07) is 14.4. The van der Waals surface area contributed by atoms with Gasteiger partial charge in [-0.2, -0.15) is 13.2 Å². The van der Waals surface area contributed by atoms with Crippen molar-refractivity contribution < 1.29 is 26.3 Å². The zero-order chi connectivity index (χ0) is 32.5. The molecule has 0 amide bonds. The Kier molecular flexibility index (Phi) is 9.21. The average molecular weight is 632 g/mol. The first-order valence-corrected chi connectivity index (χ1v) is 14.3. The Hall–Kier alpha value is -4.36. The number of rotatable bonds is 8. The van der Waals surface area contributed by atoms with Gasteiger partial charge in [-0.1, -0.05) is 48.5 Å². The summed E-state index contributed by atoms with van der Waals surface area (Å²) in [7, 11) is 0. The van der Waals surface area contributed by atoms with Gasteiger partial charge in [0.25, 0.3) is 5.56 Å². The minimum atomic E-state index is -4.89. The van der Waals surface area contributed by atoms with Crippen LogP contribution in [0.15, 0.2) is 76.3 Å². The fraction of sp³-hybridized carbons (Fsp3) is 0.312. The van der Waals surface area contributed by atoms with E-state index in [1.165, 1.54) is 19.1 Å². The molecule has 4 aromatic rings. The summed E-state index contributed by atoms with van der Waals surface area (Å²) < 4.78 is 86.3. The van der Waals surface area contributed by atoms with Crippen LogP contribution in [0.2, 0.25) is 0 Å². The lowest BCUT2D eigenvalue weighted by Crippen LogP contribution is -2.51. The molecular weight excluding hydrogens is 600 g/mol. The van der Waals surface area contributed by atoms with E-state index in [1.54, 1.807) is 35.2 Å². The van der Waals surface area contributed by atoms with E-state index in [-0.39, 0.29) is 43.1 Å². The molecule has 2 heterocycles. The van der Waals surface area contributed by atoms with Gasteiger partial charge >= 0.3 is 11.9 Å². The Balaban J connectivity index is 1.54. The van der Waals surface area contributed by atoms with Crippen LogP contribution in [-0.4, -0.2) is 40.2 Å². The quantitative estimate of drug-likeness (QED) is 0.282. The van der Waals surface area contributed by atoms with Crippen molar-refractivity contribution in [1.82, 2.24) is 14.0 Å². The van der Waals surface area contributed by atoms with Gasteiger partial charge in [-0.3, -0.25) is 18.8 Å². The Morgan fingerprint density at radius 1 is 0.800 bits per heavy atom. The van der Waals surface area contributed by atoms with Crippen molar-refractivity contribution in [3.8, 4) is 0 Å². The molecule has 7 nitrogen and oxygen atoms in total. The topological polar surface area (TPSA) is 76.5 Å². The lowest BCUT2D eigenvalue weighted by Gasteiger charge is -2.37. The van der Waals surface area contributed by atoms with E-state index in [1.807, 2.05) is 4.90 Å². The first kappa shape index (κ1) is 32.0. The molecular formula is C32H31F6N5O2. The molecule has 2 N–H and O–H groups in total. The second-order valence-corrected chi connectivity index (χ2v) is 11.0. The summed E-state index contributed by atoms with van der Waals surface area (Å²) in [6.07, 6.45) is -4.89. The van der Waals surface area contributed by atoms with Crippen LogP contribution in [0.25, 0.3) is 0 Å². The number of nitrogens with two attached hydrogens (primary N) is 1. The smallest absolute Gasteiger partial charge is 0.363 e. The van der Waals surface area contributed by atoms with Gasteiger partial charge in [-0.15, -0.1) is 0 Å². The molecule has 3 aromatic carbocycles. The van der Waals surface area contributed by atoms with E-state index in [0.29, 0.717) is 18.7 Å². The molecule has 1 aliphatic rings. The number of anilines is 1. The highest BCUT2D eigenvalue weighted by molar-refractivity contribution is 5.50. The van der Waals surface area contributed by atoms with Crippen molar-refractivity contribution in [3.63, 3.8) is 0 Å². The summed E-state index contributed by atoms with van der Waals surface area (Å²) in [5.41, 5.74) is 3.72. The third kappa shape index (κ3) is 6.69. The molecule has 45 heavy (non-hydrogen) atoms. The Bertz CT molecular complexity index is 1800. The largest absolute Gasteiger partial charge is 0.416 e. The molecule has 1 fully saturated rings. The monoisotopic (exact) mass is 631 g/mol. The predicted molar refractivity (Wildman–Crippen MR) is 157 cm³/mol. The minimum absolute atomic E-state index is 0.0653. The highest BCUT2D eigenvalue weighted by atomic mass is 19.4. The fourth-order valence-corrected chi connectivity index (χ4v) is 5.68. The lowest BCUT2D eigenvalue weighted by atomic mass is 10.1. The molecule has 1 saturated heterocycles. The van der Waals surface area contributed by atoms with Crippen LogP contribution in [0.1, 0.15) is 34.0 Å². The SMILES string of the molecule is Cc1c(N2CCN(Cc3cccc(F)c3F)CC2)c(=O)n(CC(N)c2ccccc2)c(=O)n1Cc1c(F)cccc1C(F)(F)F. The van der Waals surface area contributed by atoms with Crippen molar-refractivity contribution in [2.24, 2.45) is 5.73 Å². The van der Waals surface area contributed by atoms with Crippen LogP contribution >= 0.6 is 0 Å².